The van der Waals surface area contributed by atoms with Gasteiger partial charge >= 0.3 is 0 Å². The average molecular weight is 280 g/mol. The van der Waals surface area contributed by atoms with E-state index in [1.165, 1.54) is 28.8 Å². The SMILES string of the molecule is CC(C)c1ccc(C(N)C2CCCc3cccnc32)cc1. The molecule has 21 heavy (non-hydrogen) atoms. The lowest BCUT2D eigenvalue weighted by Gasteiger charge is -2.29. The lowest BCUT2D eigenvalue weighted by molar-refractivity contribution is 0.462. The van der Waals surface area contributed by atoms with Crippen LogP contribution in [0.4, 0.5) is 0 Å². The fourth-order valence-electron chi connectivity index (χ4n) is 3.33. The predicted molar refractivity (Wildman–Crippen MR) is 87.4 cm³/mol. The molecule has 1 aromatic carbocycles. The van der Waals surface area contributed by atoms with Crippen molar-refractivity contribution in [2.75, 3.05) is 0 Å². The number of aromatic nitrogens is 1. The Balaban J connectivity index is 1.87. The summed E-state index contributed by atoms with van der Waals surface area (Å²) in [4.78, 5) is 4.61. The van der Waals surface area contributed by atoms with Crippen LogP contribution in [-0.4, -0.2) is 4.98 Å². The summed E-state index contributed by atoms with van der Waals surface area (Å²) in [5, 5.41) is 0. The van der Waals surface area contributed by atoms with Crippen LogP contribution in [0.1, 0.15) is 67.0 Å². The molecule has 2 unspecified atom stereocenters. The first-order valence-corrected chi connectivity index (χ1v) is 7.96. The topological polar surface area (TPSA) is 38.9 Å². The van der Waals surface area contributed by atoms with Gasteiger partial charge < -0.3 is 5.73 Å². The molecule has 0 spiro atoms. The summed E-state index contributed by atoms with van der Waals surface area (Å²) in [5.41, 5.74) is 11.8. The van der Waals surface area contributed by atoms with Gasteiger partial charge in [-0.1, -0.05) is 44.2 Å². The highest BCUT2D eigenvalue weighted by Gasteiger charge is 2.27. The standard InChI is InChI=1S/C19H24N2/c1-13(2)14-8-10-15(11-9-14)18(20)17-7-3-5-16-6-4-12-21-19(16)17/h4,6,8-13,17-18H,3,5,7,20H2,1-2H3. The Morgan fingerprint density at radius 1 is 1.10 bits per heavy atom. The van der Waals surface area contributed by atoms with Gasteiger partial charge in [0.05, 0.1) is 0 Å². The first kappa shape index (κ1) is 14.3. The number of benzene rings is 1. The maximum atomic E-state index is 6.57. The molecule has 3 rings (SSSR count). The zero-order valence-corrected chi connectivity index (χ0v) is 12.9. The molecule has 2 atom stereocenters. The number of hydrogen-bond acceptors (Lipinski definition) is 2. The molecule has 0 saturated heterocycles. The van der Waals surface area contributed by atoms with Crippen LogP contribution in [0.25, 0.3) is 0 Å². The first-order valence-electron chi connectivity index (χ1n) is 7.96. The fraction of sp³-hybridized carbons (Fsp3) is 0.421. The Morgan fingerprint density at radius 2 is 1.81 bits per heavy atom. The summed E-state index contributed by atoms with van der Waals surface area (Å²) in [6.07, 6.45) is 5.38. The molecular formula is C19H24N2. The van der Waals surface area contributed by atoms with E-state index in [9.17, 15) is 0 Å². The third-order valence-corrected chi connectivity index (χ3v) is 4.66. The summed E-state index contributed by atoms with van der Waals surface area (Å²) < 4.78 is 0. The smallest absolute Gasteiger partial charge is 0.0485 e. The second-order valence-corrected chi connectivity index (χ2v) is 6.39. The van der Waals surface area contributed by atoms with E-state index < -0.39 is 0 Å². The Morgan fingerprint density at radius 3 is 2.52 bits per heavy atom. The quantitative estimate of drug-likeness (QED) is 0.909. The van der Waals surface area contributed by atoms with E-state index in [1.807, 2.05) is 12.3 Å². The van der Waals surface area contributed by atoms with Gasteiger partial charge in [0.15, 0.2) is 0 Å². The Kier molecular flexibility index (Phi) is 4.07. The molecule has 1 aromatic heterocycles. The lowest BCUT2D eigenvalue weighted by atomic mass is 9.80. The highest BCUT2D eigenvalue weighted by atomic mass is 14.7. The van der Waals surface area contributed by atoms with E-state index in [0.29, 0.717) is 11.8 Å². The molecule has 0 amide bonds. The van der Waals surface area contributed by atoms with Crippen molar-refractivity contribution in [3.63, 3.8) is 0 Å². The van der Waals surface area contributed by atoms with Crippen molar-refractivity contribution in [3.8, 4) is 0 Å². The van der Waals surface area contributed by atoms with Gasteiger partial charge in [-0.05, 0) is 47.9 Å². The highest BCUT2D eigenvalue weighted by Crippen LogP contribution is 2.38. The molecule has 0 fully saturated rings. The summed E-state index contributed by atoms with van der Waals surface area (Å²) in [6.45, 7) is 4.44. The number of nitrogens with two attached hydrogens (primary N) is 1. The van der Waals surface area contributed by atoms with E-state index in [2.05, 4.69) is 49.2 Å². The molecule has 0 bridgehead atoms. The molecular weight excluding hydrogens is 256 g/mol. The second-order valence-electron chi connectivity index (χ2n) is 6.39. The summed E-state index contributed by atoms with van der Waals surface area (Å²) >= 11 is 0. The zero-order valence-electron chi connectivity index (χ0n) is 12.9. The zero-order chi connectivity index (χ0) is 14.8. The lowest BCUT2D eigenvalue weighted by Crippen LogP contribution is -2.24. The average Bonchev–Trinajstić information content (AvgIpc) is 2.53. The van der Waals surface area contributed by atoms with E-state index in [1.54, 1.807) is 0 Å². The van der Waals surface area contributed by atoms with Crippen molar-refractivity contribution in [3.05, 3.63) is 65.0 Å². The summed E-state index contributed by atoms with van der Waals surface area (Å²) in [7, 11) is 0. The highest BCUT2D eigenvalue weighted by molar-refractivity contribution is 5.33. The predicted octanol–water partition coefficient (Wildman–Crippen LogP) is 4.32. The van der Waals surface area contributed by atoms with E-state index in [-0.39, 0.29) is 6.04 Å². The minimum absolute atomic E-state index is 0.0418. The summed E-state index contributed by atoms with van der Waals surface area (Å²) in [6, 6.07) is 13.1. The molecule has 2 nitrogen and oxygen atoms in total. The van der Waals surface area contributed by atoms with E-state index in [0.717, 1.165) is 12.8 Å². The normalized spacial score (nSPS) is 19.3. The van der Waals surface area contributed by atoms with Crippen LogP contribution in [0.3, 0.4) is 0 Å². The van der Waals surface area contributed by atoms with Gasteiger partial charge in [0.1, 0.15) is 0 Å². The van der Waals surface area contributed by atoms with Crippen LogP contribution >= 0.6 is 0 Å². The number of rotatable bonds is 3. The number of aryl methyl sites for hydroxylation is 1. The van der Waals surface area contributed by atoms with Gasteiger partial charge in [-0.15, -0.1) is 0 Å². The van der Waals surface area contributed by atoms with Crippen LogP contribution < -0.4 is 5.73 Å². The van der Waals surface area contributed by atoms with Crippen molar-refractivity contribution in [1.82, 2.24) is 4.98 Å². The van der Waals surface area contributed by atoms with Crippen LogP contribution in [0.2, 0.25) is 0 Å². The van der Waals surface area contributed by atoms with Crippen molar-refractivity contribution in [2.24, 2.45) is 5.73 Å². The van der Waals surface area contributed by atoms with E-state index >= 15 is 0 Å². The molecule has 110 valence electrons. The Bertz CT molecular complexity index is 601. The molecule has 2 N–H and O–H groups in total. The molecule has 0 radical (unpaired) electrons. The molecule has 1 heterocycles. The fourth-order valence-corrected chi connectivity index (χ4v) is 3.33. The van der Waals surface area contributed by atoms with Crippen molar-refractivity contribution >= 4 is 0 Å². The molecule has 2 heteroatoms. The maximum Gasteiger partial charge on any atom is 0.0485 e. The second kappa shape index (κ2) is 5.98. The van der Waals surface area contributed by atoms with Crippen LogP contribution in [0.5, 0.6) is 0 Å². The van der Waals surface area contributed by atoms with Crippen LogP contribution in [0.15, 0.2) is 42.6 Å². The van der Waals surface area contributed by atoms with Crippen molar-refractivity contribution in [1.29, 1.82) is 0 Å². The molecule has 1 aliphatic carbocycles. The van der Waals surface area contributed by atoms with Gasteiger partial charge in [-0.2, -0.15) is 0 Å². The van der Waals surface area contributed by atoms with Crippen molar-refractivity contribution < 1.29 is 0 Å². The Labute approximate surface area is 127 Å². The minimum Gasteiger partial charge on any atom is -0.323 e. The van der Waals surface area contributed by atoms with Gasteiger partial charge in [-0.3, -0.25) is 4.98 Å². The molecule has 2 aromatic rings. The van der Waals surface area contributed by atoms with Crippen LogP contribution in [0, 0.1) is 0 Å². The number of hydrogen-bond donors (Lipinski definition) is 1. The molecule has 1 aliphatic rings. The summed E-state index contributed by atoms with van der Waals surface area (Å²) in [5.74, 6) is 0.909. The third-order valence-electron chi connectivity index (χ3n) is 4.66. The number of nitrogens with zero attached hydrogens (tertiary/aromatic N) is 1. The van der Waals surface area contributed by atoms with Gasteiger partial charge in [0, 0.05) is 23.9 Å². The number of pyridine rings is 1. The van der Waals surface area contributed by atoms with Gasteiger partial charge in [-0.25, -0.2) is 0 Å². The largest absolute Gasteiger partial charge is 0.323 e. The van der Waals surface area contributed by atoms with Gasteiger partial charge in [0.25, 0.3) is 0 Å². The van der Waals surface area contributed by atoms with E-state index in [4.69, 9.17) is 5.73 Å². The maximum absolute atomic E-state index is 6.57. The number of fused-ring (bicyclic) bond motifs is 1. The third kappa shape index (κ3) is 2.86. The van der Waals surface area contributed by atoms with Gasteiger partial charge in [0.2, 0.25) is 0 Å². The molecule has 0 aliphatic heterocycles. The Hall–Kier alpha value is -1.67. The minimum atomic E-state index is 0.0418. The van der Waals surface area contributed by atoms with Crippen molar-refractivity contribution in [2.45, 2.75) is 51.0 Å². The van der Waals surface area contributed by atoms with Crippen LogP contribution in [-0.2, 0) is 6.42 Å². The molecule has 0 saturated carbocycles. The first-order chi connectivity index (χ1) is 10.2. The monoisotopic (exact) mass is 280 g/mol.